The SMILES string of the molecule is CN1CCN(CCNC(=O)c2cccc(CCl)c2)CC1. The third kappa shape index (κ3) is 4.47. The van der Waals surface area contributed by atoms with Gasteiger partial charge >= 0.3 is 0 Å². The van der Waals surface area contributed by atoms with Crippen LogP contribution in [-0.4, -0.2) is 62.0 Å². The Morgan fingerprint density at radius 2 is 2.05 bits per heavy atom. The number of piperazine rings is 1. The monoisotopic (exact) mass is 295 g/mol. The van der Waals surface area contributed by atoms with Gasteiger partial charge in [-0.2, -0.15) is 0 Å². The number of nitrogens with one attached hydrogen (secondary N) is 1. The average molecular weight is 296 g/mol. The second-order valence-corrected chi connectivity index (χ2v) is 5.50. The van der Waals surface area contributed by atoms with Crippen molar-refractivity contribution in [2.75, 3.05) is 46.3 Å². The first kappa shape index (κ1) is 15.3. The molecule has 0 aliphatic carbocycles. The summed E-state index contributed by atoms with van der Waals surface area (Å²) in [5, 5.41) is 2.97. The van der Waals surface area contributed by atoms with Gasteiger partial charge in [0.25, 0.3) is 5.91 Å². The van der Waals surface area contributed by atoms with Gasteiger partial charge < -0.3 is 10.2 Å². The molecule has 0 radical (unpaired) electrons. The number of hydrogen-bond donors (Lipinski definition) is 1. The molecule has 5 heteroatoms. The van der Waals surface area contributed by atoms with Crippen LogP contribution in [0.4, 0.5) is 0 Å². The fourth-order valence-electron chi connectivity index (χ4n) is 2.30. The molecular formula is C15H22ClN3O. The Hall–Kier alpha value is -1.10. The topological polar surface area (TPSA) is 35.6 Å². The van der Waals surface area contributed by atoms with Crippen molar-refractivity contribution in [3.8, 4) is 0 Å². The second kappa shape index (κ2) is 7.62. The molecule has 1 aliphatic heterocycles. The maximum absolute atomic E-state index is 12.0. The van der Waals surface area contributed by atoms with Crippen LogP contribution in [0.15, 0.2) is 24.3 Å². The minimum atomic E-state index is -0.0221. The molecule has 1 saturated heterocycles. The number of likely N-dealkylation sites (N-methyl/N-ethyl adjacent to an activating group) is 1. The van der Waals surface area contributed by atoms with Crippen LogP contribution in [0.1, 0.15) is 15.9 Å². The summed E-state index contributed by atoms with van der Waals surface area (Å²) in [7, 11) is 2.14. The first-order chi connectivity index (χ1) is 9.69. The van der Waals surface area contributed by atoms with Crippen LogP contribution in [0.2, 0.25) is 0 Å². The molecule has 1 fully saturated rings. The molecule has 110 valence electrons. The average Bonchev–Trinajstić information content (AvgIpc) is 2.49. The number of alkyl halides is 1. The summed E-state index contributed by atoms with van der Waals surface area (Å²) in [6.45, 7) is 5.96. The number of hydrogen-bond acceptors (Lipinski definition) is 3. The van der Waals surface area contributed by atoms with Crippen LogP contribution in [0.25, 0.3) is 0 Å². The van der Waals surface area contributed by atoms with E-state index in [9.17, 15) is 4.79 Å². The maximum atomic E-state index is 12.0. The third-order valence-electron chi connectivity index (χ3n) is 3.65. The van der Waals surface area contributed by atoms with E-state index in [4.69, 9.17) is 11.6 Å². The Morgan fingerprint density at radius 3 is 2.75 bits per heavy atom. The largest absolute Gasteiger partial charge is 0.351 e. The summed E-state index contributed by atoms with van der Waals surface area (Å²) >= 11 is 5.78. The Balaban J connectivity index is 1.74. The zero-order valence-electron chi connectivity index (χ0n) is 11.9. The van der Waals surface area contributed by atoms with Gasteiger partial charge in [0, 0.05) is 50.7 Å². The molecule has 1 amide bonds. The van der Waals surface area contributed by atoms with Gasteiger partial charge in [-0.15, -0.1) is 11.6 Å². The molecular weight excluding hydrogens is 274 g/mol. The maximum Gasteiger partial charge on any atom is 0.251 e. The van der Waals surface area contributed by atoms with Gasteiger partial charge in [0.15, 0.2) is 0 Å². The van der Waals surface area contributed by atoms with Gasteiger partial charge in [0.1, 0.15) is 0 Å². The number of nitrogens with zero attached hydrogens (tertiary/aromatic N) is 2. The summed E-state index contributed by atoms with van der Waals surface area (Å²) in [6, 6.07) is 7.46. The highest BCUT2D eigenvalue weighted by Gasteiger charge is 2.13. The summed E-state index contributed by atoms with van der Waals surface area (Å²) in [5.41, 5.74) is 1.65. The van der Waals surface area contributed by atoms with Crippen molar-refractivity contribution in [1.29, 1.82) is 0 Å². The normalized spacial score (nSPS) is 17.1. The molecule has 1 heterocycles. The fraction of sp³-hybridized carbons (Fsp3) is 0.533. The van der Waals surface area contributed by atoms with Crippen LogP contribution >= 0.6 is 11.6 Å². The predicted octanol–water partition coefficient (Wildman–Crippen LogP) is 1.40. The lowest BCUT2D eigenvalue weighted by molar-refractivity contribution is 0.0941. The van der Waals surface area contributed by atoms with Crippen molar-refractivity contribution in [2.45, 2.75) is 5.88 Å². The van der Waals surface area contributed by atoms with Gasteiger partial charge in [-0.25, -0.2) is 0 Å². The molecule has 1 aliphatic rings. The predicted molar refractivity (Wildman–Crippen MR) is 82.3 cm³/mol. The molecule has 1 aromatic carbocycles. The van der Waals surface area contributed by atoms with E-state index < -0.39 is 0 Å². The lowest BCUT2D eigenvalue weighted by atomic mass is 10.1. The van der Waals surface area contributed by atoms with Crippen molar-refractivity contribution >= 4 is 17.5 Å². The van der Waals surface area contributed by atoms with E-state index in [0.717, 1.165) is 38.3 Å². The van der Waals surface area contributed by atoms with Crippen LogP contribution < -0.4 is 5.32 Å². The number of rotatable bonds is 5. The van der Waals surface area contributed by atoms with Gasteiger partial charge in [-0.1, -0.05) is 12.1 Å². The van der Waals surface area contributed by atoms with Gasteiger partial charge in [-0.05, 0) is 24.7 Å². The Morgan fingerprint density at radius 1 is 1.30 bits per heavy atom. The van der Waals surface area contributed by atoms with E-state index in [1.165, 1.54) is 0 Å². The van der Waals surface area contributed by atoms with E-state index in [1.54, 1.807) is 0 Å². The summed E-state index contributed by atoms with van der Waals surface area (Å²) in [5.74, 6) is 0.411. The molecule has 0 spiro atoms. The summed E-state index contributed by atoms with van der Waals surface area (Å²) in [4.78, 5) is 16.7. The number of benzene rings is 1. The standard InChI is InChI=1S/C15H22ClN3O/c1-18-7-9-19(10-8-18)6-5-17-15(20)14-4-2-3-13(11-14)12-16/h2-4,11H,5-10,12H2,1H3,(H,17,20). The number of amides is 1. The fourth-order valence-corrected chi connectivity index (χ4v) is 2.46. The molecule has 0 unspecified atom stereocenters. The van der Waals surface area contributed by atoms with Crippen LogP contribution in [-0.2, 0) is 5.88 Å². The molecule has 4 nitrogen and oxygen atoms in total. The van der Waals surface area contributed by atoms with Crippen molar-refractivity contribution < 1.29 is 4.79 Å². The molecule has 2 rings (SSSR count). The van der Waals surface area contributed by atoms with Gasteiger partial charge in [-0.3, -0.25) is 9.69 Å². The third-order valence-corrected chi connectivity index (χ3v) is 3.96. The van der Waals surface area contributed by atoms with Crippen molar-refractivity contribution in [3.63, 3.8) is 0 Å². The zero-order chi connectivity index (χ0) is 14.4. The van der Waals surface area contributed by atoms with Crippen LogP contribution in [0.3, 0.4) is 0 Å². The molecule has 1 N–H and O–H groups in total. The zero-order valence-corrected chi connectivity index (χ0v) is 12.7. The highest BCUT2D eigenvalue weighted by atomic mass is 35.5. The Bertz CT molecular complexity index is 444. The smallest absolute Gasteiger partial charge is 0.251 e. The lowest BCUT2D eigenvalue weighted by Gasteiger charge is -2.32. The highest BCUT2D eigenvalue weighted by Crippen LogP contribution is 2.07. The number of carbonyl (C=O) groups excluding carboxylic acids is 1. The Kier molecular flexibility index (Phi) is 5.83. The molecule has 0 saturated carbocycles. The van der Waals surface area contributed by atoms with Crippen molar-refractivity contribution in [3.05, 3.63) is 35.4 Å². The Labute approximate surface area is 125 Å². The van der Waals surface area contributed by atoms with E-state index in [1.807, 2.05) is 24.3 Å². The number of carbonyl (C=O) groups is 1. The molecule has 0 atom stereocenters. The summed E-state index contributed by atoms with van der Waals surface area (Å²) < 4.78 is 0. The molecule has 20 heavy (non-hydrogen) atoms. The molecule has 0 aromatic heterocycles. The lowest BCUT2D eigenvalue weighted by Crippen LogP contribution is -2.46. The highest BCUT2D eigenvalue weighted by molar-refractivity contribution is 6.17. The molecule has 0 bridgehead atoms. The van der Waals surface area contributed by atoms with E-state index >= 15 is 0 Å². The van der Waals surface area contributed by atoms with E-state index in [-0.39, 0.29) is 5.91 Å². The van der Waals surface area contributed by atoms with Crippen molar-refractivity contribution in [2.24, 2.45) is 0 Å². The van der Waals surface area contributed by atoms with Crippen LogP contribution in [0, 0.1) is 0 Å². The first-order valence-electron chi connectivity index (χ1n) is 7.03. The molecule has 1 aromatic rings. The van der Waals surface area contributed by atoms with E-state index in [0.29, 0.717) is 18.0 Å². The summed E-state index contributed by atoms with van der Waals surface area (Å²) in [6.07, 6.45) is 0. The minimum Gasteiger partial charge on any atom is -0.351 e. The first-order valence-corrected chi connectivity index (χ1v) is 7.56. The second-order valence-electron chi connectivity index (χ2n) is 5.23. The minimum absolute atomic E-state index is 0.0221. The van der Waals surface area contributed by atoms with Crippen molar-refractivity contribution in [1.82, 2.24) is 15.1 Å². The van der Waals surface area contributed by atoms with Gasteiger partial charge in [0.2, 0.25) is 0 Å². The van der Waals surface area contributed by atoms with E-state index in [2.05, 4.69) is 22.2 Å². The van der Waals surface area contributed by atoms with Gasteiger partial charge in [0.05, 0.1) is 0 Å². The number of halogens is 1. The van der Waals surface area contributed by atoms with Crippen LogP contribution in [0.5, 0.6) is 0 Å². The quantitative estimate of drug-likeness (QED) is 0.834.